The van der Waals surface area contributed by atoms with E-state index in [2.05, 4.69) is 11.7 Å². The summed E-state index contributed by atoms with van der Waals surface area (Å²) in [6, 6.07) is 9.40. The van der Waals surface area contributed by atoms with Gasteiger partial charge in [-0.05, 0) is 5.56 Å². The molecule has 18 heavy (non-hydrogen) atoms. The number of rotatable bonds is 6. The Balaban J connectivity index is 2.48. The van der Waals surface area contributed by atoms with Crippen LogP contribution in [0.4, 0.5) is 4.79 Å². The third kappa shape index (κ3) is 4.69. The number of hydrogen-bond acceptors (Lipinski definition) is 4. The molecule has 0 radical (unpaired) electrons. The molecule has 1 aromatic carbocycles. The second-order valence-electron chi connectivity index (χ2n) is 3.53. The van der Waals surface area contributed by atoms with Gasteiger partial charge in [0.2, 0.25) is 0 Å². The SMILES string of the molecule is C=CCN(C/C=N\O)C(=O)OCc1ccccc1. The number of carbonyl (C=O) groups excluding carboxylic acids is 1. The highest BCUT2D eigenvalue weighted by atomic mass is 16.6. The van der Waals surface area contributed by atoms with Crippen molar-refractivity contribution in [3.63, 3.8) is 0 Å². The molecule has 0 bridgehead atoms. The topological polar surface area (TPSA) is 62.1 Å². The van der Waals surface area contributed by atoms with E-state index in [4.69, 9.17) is 9.94 Å². The molecule has 5 nitrogen and oxygen atoms in total. The minimum atomic E-state index is -0.473. The summed E-state index contributed by atoms with van der Waals surface area (Å²) < 4.78 is 5.14. The number of hydrogen-bond donors (Lipinski definition) is 1. The van der Waals surface area contributed by atoms with E-state index in [0.29, 0.717) is 6.54 Å². The fourth-order valence-corrected chi connectivity index (χ4v) is 1.33. The van der Waals surface area contributed by atoms with E-state index in [1.807, 2.05) is 30.3 Å². The molecule has 0 aromatic heterocycles. The molecule has 1 rings (SSSR count). The molecule has 0 unspecified atom stereocenters. The molecule has 1 N–H and O–H groups in total. The highest BCUT2D eigenvalue weighted by molar-refractivity contribution is 5.72. The zero-order valence-electron chi connectivity index (χ0n) is 10.0. The lowest BCUT2D eigenvalue weighted by molar-refractivity contribution is 0.105. The van der Waals surface area contributed by atoms with Crippen molar-refractivity contribution in [2.45, 2.75) is 6.61 Å². The van der Waals surface area contributed by atoms with E-state index >= 15 is 0 Å². The Morgan fingerprint density at radius 3 is 2.72 bits per heavy atom. The van der Waals surface area contributed by atoms with E-state index in [0.717, 1.165) is 5.56 Å². The second-order valence-corrected chi connectivity index (χ2v) is 3.53. The number of amides is 1. The van der Waals surface area contributed by atoms with Crippen molar-refractivity contribution in [1.82, 2.24) is 4.90 Å². The number of nitrogens with zero attached hydrogens (tertiary/aromatic N) is 2. The Bertz CT molecular complexity index is 404. The monoisotopic (exact) mass is 248 g/mol. The highest BCUT2D eigenvalue weighted by Crippen LogP contribution is 2.03. The third-order valence-corrected chi connectivity index (χ3v) is 2.20. The lowest BCUT2D eigenvalue weighted by Crippen LogP contribution is -2.33. The van der Waals surface area contributed by atoms with Gasteiger partial charge in [0.1, 0.15) is 6.61 Å². The molecule has 0 saturated carbocycles. The first-order valence-corrected chi connectivity index (χ1v) is 5.50. The van der Waals surface area contributed by atoms with E-state index < -0.39 is 6.09 Å². The predicted octanol–water partition coefficient (Wildman–Crippen LogP) is 2.27. The van der Waals surface area contributed by atoms with Crippen molar-refractivity contribution in [2.75, 3.05) is 13.1 Å². The van der Waals surface area contributed by atoms with Crippen molar-refractivity contribution in [1.29, 1.82) is 0 Å². The number of oxime groups is 1. The summed E-state index contributed by atoms with van der Waals surface area (Å²) >= 11 is 0. The van der Waals surface area contributed by atoms with Crippen molar-refractivity contribution in [3.8, 4) is 0 Å². The van der Waals surface area contributed by atoms with Gasteiger partial charge >= 0.3 is 6.09 Å². The highest BCUT2D eigenvalue weighted by Gasteiger charge is 2.12. The van der Waals surface area contributed by atoms with E-state index in [9.17, 15) is 4.79 Å². The normalized spacial score (nSPS) is 10.2. The molecule has 0 atom stereocenters. The molecule has 0 aliphatic carbocycles. The molecule has 0 saturated heterocycles. The lowest BCUT2D eigenvalue weighted by Gasteiger charge is -2.18. The Morgan fingerprint density at radius 1 is 1.39 bits per heavy atom. The first-order valence-electron chi connectivity index (χ1n) is 5.50. The maximum atomic E-state index is 11.7. The maximum absolute atomic E-state index is 11.7. The Morgan fingerprint density at radius 2 is 2.11 bits per heavy atom. The van der Waals surface area contributed by atoms with Crippen LogP contribution in [0.5, 0.6) is 0 Å². The summed E-state index contributed by atoms with van der Waals surface area (Å²) in [6.45, 7) is 4.27. The molecule has 96 valence electrons. The standard InChI is InChI=1S/C13H16N2O3/c1-2-9-15(10-8-14-17)13(16)18-11-12-6-4-3-5-7-12/h2-8,17H,1,9-11H2/b14-8-. The number of benzene rings is 1. The van der Waals surface area contributed by atoms with E-state index in [-0.39, 0.29) is 13.2 Å². The van der Waals surface area contributed by atoms with Crippen molar-refractivity contribution >= 4 is 12.3 Å². The zero-order chi connectivity index (χ0) is 13.2. The Hall–Kier alpha value is -2.30. The van der Waals surface area contributed by atoms with Crippen LogP contribution < -0.4 is 0 Å². The van der Waals surface area contributed by atoms with Gasteiger partial charge in [-0.1, -0.05) is 36.4 Å². The minimum Gasteiger partial charge on any atom is -0.445 e. The van der Waals surface area contributed by atoms with Crippen molar-refractivity contribution in [3.05, 3.63) is 48.6 Å². The summed E-state index contributed by atoms with van der Waals surface area (Å²) in [5, 5.41) is 11.2. The fraction of sp³-hybridized carbons (Fsp3) is 0.231. The summed E-state index contributed by atoms with van der Waals surface area (Å²) in [4.78, 5) is 13.1. The largest absolute Gasteiger partial charge is 0.445 e. The second kappa shape index (κ2) is 7.89. The summed E-state index contributed by atoms with van der Waals surface area (Å²) in [5.74, 6) is 0. The van der Waals surface area contributed by atoms with Crippen LogP contribution in [-0.2, 0) is 11.3 Å². The van der Waals surface area contributed by atoms with Crippen LogP contribution in [0.2, 0.25) is 0 Å². The quantitative estimate of drug-likeness (QED) is 0.363. The summed E-state index contributed by atoms with van der Waals surface area (Å²) in [5.41, 5.74) is 0.917. The van der Waals surface area contributed by atoms with Crippen LogP contribution in [0.3, 0.4) is 0 Å². The third-order valence-electron chi connectivity index (χ3n) is 2.20. The molecular formula is C13H16N2O3. The zero-order valence-corrected chi connectivity index (χ0v) is 10.0. The fourth-order valence-electron chi connectivity index (χ4n) is 1.33. The predicted molar refractivity (Wildman–Crippen MR) is 68.7 cm³/mol. The molecule has 1 amide bonds. The summed E-state index contributed by atoms with van der Waals surface area (Å²) in [7, 11) is 0. The first kappa shape index (κ1) is 13.8. The average Bonchev–Trinajstić information content (AvgIpc) is 2.42. The molecule has 0 fully saturated rings. The molecule has 0 aliphatic rings. The van der Waals surface area contributed by atoms with Crippen LogP contribution in [0.1, 0.15) is 5.56 Å². The Kier molecular flexibility index (Phi) is 6.03. The minimum absolute atomic E-state index is 0.177. The van der Waals surface area contributed by atoms with E-state index in [1.54, 1.807) is 6.08 Å². The van der Waals surface area contributed by atoms with Gasteiger partial charge in [-0.25, -0.2) is 4.79 Å². The van der Waals surface area contributed by atoms with Gasteiger partial charge in [0.25, 0.3) is 0 Å². The molecule has 5 heteroatoms. The van der Waals surface area contributed by atoms with Crippen LogP contribution in [0, 0.1) is 0 Å². The number of carbonyl (C=O) groups is 1. The molecule has 0 heterocycles. The van der Waals surface area contributed by atoms with Gasteiger partial charge in [-0.3, -0.25) is 4.90 Å². The van der Waals surface area contributed by atoms with Crippen LogP contribution in [0.15, 0.2) is 48.1 Å². The Labute approximate surface area is 106 Å². The van der Waals surface area contributed by atoms with Crippen molar-refractivity contribution in [2.24, 2.45) is 5.16 Å². The van der Waals surface area contributed by atoms with Crippen LogP contribution >= 0.6 is 0 Å². The molecule has 1 aromatic rings. The van der Waals surface area contributed by atoms with Gasteiger partial charge in [0.15, 0.2) is 0 Å². The van der Waals surface area contributed by atoms with Crippen LogP contribution in [0.25, 0.3) is 0 Å². The van der Waals surface area contributed by atoms with Gasteiger partial charge in [0.05, 0.1) is 12.8 Å². The van der Waals surface area contributed by atoms with Crippen LogP contribution in [-0.4, -0.2) is 35.5 Å². The molecule has 0 spiro atoms. The summed E-state index contributed by atoms with van der Waals surface area (Å²) in [6.07, 6.45) is 2.32. The lowest BCUT2D eigenvalue weighted by atomic mass is 10.2. The average molecular weight is 248 g/mol. The van der Waals surface area contributed by atoms with Gasteiger partial charge in [-0.2, -0.15) is 0 Å². The molecular weight excluding hydrogens is 232 g/mol. The van der Waals surface area contributed by atoms with E-state index in [1.165, 1.54) is 11.1 Å². The van der Waals surface area contributed by atoms with Gasteiger partial charge < -0.3 is 9.94 Å². The first-order chi connectivity index (χ1) is 8.77. The smallest absolute Gasteiger partial charge is 0.410 e. The van der Waals surface area contributed by atoms with Gasteiger partial charge in [-0.15, -0.1) is 11.7 Å². The number of ether oxygens (including phenoxy) is 1. The van der Waals surface area contributed by atoms with Gasteiger partial charge in [0, 0.05) is 6.54 Å². The molecule has 0 aliphatic heterocycles. The van der Waals surface area contributed by atoms with Crippen molar-refractivity contribution < 1.29 is 14.7 Å². The maximum Gasteiger partial charge on any atom is 0.410 e.